The molecule has 0 aliphatic carbocycles. The van der Waals surface area contributed by atoms with Crippen LogP contribution in [-0.4, -0.2) is 25.3 Å². The first-order valence-corrected chi connectivity index (χ1v) is 8.13. The van der Waals surface area contributed by atoms with Crippen molar-refractivity contribution < 1.29 is 0 Å². The Morgan fingerprint density at radius 1 is 1.17 bits per heavy atom. The molecule has 2 aromatic rings. The number of rotatable bonds is 3. The number of anilines is 1. The summed E-state index contributed by atoms with van der Waals surface area (Å²) < 4.78 is 0. The standard InChI is InChI=1S/C20H25N3/c1-15-10-11-18-17(12-15)20(2,14-21-23(3)4)13-19(22-18)16-8-6-5-7-9-16/h5-12,14,19,22H,13H2,1-4H3/b21-14+/t19-,20+/m1/s1. The largest absolute Gasteiger partial charge is 0.378 e. The van der Waals surface area contributed by atoms with E-state index in [9.17, 15) is 0 Å². The molecule has 3 rings (SSSR count). The van der Waals surface area contributed by atoms with Gasteiger partial charge in [-0.2, -0.15) is 5.10 Å². The van der Waals surface area contributed by atoms with E-state index in [0.717, 1.165) is 6.42 Å². The molecule has 0 spiro atoms. The van der Waals surface area contributed by atoms with Gasteiger partial charge in [0.15, 0.2) is 0 Å². The Morgan fingerprint density at radius 3 is 2.61 bits per heavy atom. The van der Waals surface area contributed by atoms with Gasteiger partial charge in [-0.05, 0) is 30.5 Å². The summed E-state index contributed by atoms with van der Waals surface area (Å²) in [5.41, 5.74) is 5.06. The maximum Gasteiger partial charge on any atom is 0.0525 e. The molecule has 2 atom stereocenters. The first-order chi connectivity index (χ1) is 11.0. The molecule has 2 aromatic carbocycles. The minimum Gasteiger partial charge on any atom is -0.378 e. The number of hydrogen-bond acceptors (Lipinski definition) is 3. The van der Waals surface area contributed by atoms with Gasteiger partial charge in [0.2, 0.25) is 0 Å². The van der Waals surface area contributed by atoms with Gasteiger partial charge < -0.3 is 10.3 Å². The van der Waals surface area contributed by atoms with E-state index < -0.39 is 0 Å². The topological polar surface area (TPSA) is 27.6 Å². The van der Waals surface area contributed by atoms with Gasteiger partial charge in [0, 0.05) is 31.4 Å². The van der Waals surface area contributed by atoms with Crippen LogP contribution in [0.4, 0.5) is 5.69 Å². The molecular weight excluding hydrogens is 282 g/mol. The number of nitrogens with one attached hydrogen (secondary N) is 1. The molecule has 3 heteroatoms. The van der Waals surface area contributed by atoms with E-state index in [-0.39, 0.29) is 5.41 Å². The third-order valence-electron chi connectivity index (χ3n) is 4.52. The fourth-order valence-electron chi connectivity index (χ4n) is 3.28. The van der Waals surface area contributed by atoms with Gasteiger partial charge in [0.1, 0.15) is 0 Å². The summed E-state index contributed by atoms with van der Waals surface area (Å²) >= 11 is 0. The highest BCUT2D eigenvalue weighted by Gasteiger charge is 2.36. The lowest BCUT2D eigenvalue weighted by molar-refractivity contribution is 0.426. The molecule has 0 unspecified atom stereocenters. The Hall–Kier alpha value is -2.29. The second-order valence-corrected chi connectivity index (χ2v) is 6.87. The molecule has 23 heavy (non-hydrogen) atoms. The van der Waals surface area contributed by atoms with Gasteiger partial charge in [-0.3, -0.25) is 0 Å². The van der Waals surface area contributed by atoms with Crippen LogP contribution < -0.4 is 5.32 Å². The number of hydrazone groups is 1. The zero-order valence-corrected chi connectivity index (χ0v) is 14.4. The first-order valence-electron chi connectivity index (χ1n) is 8.13. The van der Waals surface area contributed by atoms with E-state index in [0.29, 0.717) is 6.04 Å². The second-order valence-electron chi connectivity index (χ2n) is 6.87. The lowest BCUT2D eigenvalue weighted by Crippen LogP contribution is -2.35. The van der Waals surface area contributed by atoms with Gasteiger partial charge >= 0.3 is 0 Å². The van der Waals surface area contributed by atoms with Crippen molar-refractivity contribution >= 4 is 11.9 Å². The second kappa shape index (κ2) is 6.07. The van der Waals surface area contributed by atoms with Crippen LogP contribution >= 0.6 is 0 Å². The van der Waals surface area contributed by atoms with E-state index in [2.05, 4.69) is 79.0 Å². The molecule has 0 fully saturated rings. The van der Waals surface area contributed by atoms with Crippen molar-refractivity contribution in [3.8, 4) is 0 Å². The molecule has 0 aromatic heterocycles. The van der Waals surface area contributed by atoms with Crippen molar-refractivity contribution in [2.24, 2.45) is 5.10 Å². The van der Waals surface area contributed by atoms with Crippen LogP contribution in [-0.2, 0) is 5.41 Å². The van der Waals surface area contributed by atoms with Crippen LogP contribution in [0.2, 0.25) is 0 Å². The predicted octanol–water partition coefficient (Wildman–Crippen LogP) is 4.36. The third kappa shape index (κ3) is 3.24. The van der Waals surface area contributed by atoms with Crippen molar-refractivity contribution in [3.63, 3.8) is 0 Å². The quantitative estimate of drug-likeness (QED) is 0.674. The van der Waals surface area contributed by atoms with Crippen LogP contribution in [0.5, 0.6) is 0 Å². The maximum atomic E-state index is 4.56. The van der Waals surface area contributed by atoms with Crippen molar-refractivity contribution in [2.45, 2.75) is 31.7 Å². The average molecular weight is 307 g/mol. The van der Waals surface area contributed by atoms with Crippen molar-refractivity contribution in [3.05, 3.63) is 65.2 Å². The molecule has 120 valence electrons. The number of nitrogens with zero attached hydrogens (tertiary/aromatic N) is 2. The SMILES string of the molecule is Cc1ccc2c(c1)[C@](C)(/C=N/N(C)C)C[C@H](c1ccccc1)N2. The van der Waals surface area contributed by atoms with Gasteiger partial charge in [-0.1, -0.05) is 55.0 Å². The number of hydrogen-bond donors (Lipinski definition) is 1. The summed E-state index contributed by atoms with van der Waals surface area (Å²) in [6.07, 6.45) is 3.09. The molecule has 0 saturated carbocycles. The Kier molecular flexibility index (Phi) is 4.12. The number of aryl methyl sites for hydroxylation is 1. The van der Waals surface area contributed by atoms with Gasteiger partial charge in [-0.15, -0.1) is 0 Å². The Balaban J connectivity index is 2.05. The highest BCUT2D eigenvalue weighted by molar-refractivity contribution is 5.79. The zero-order chi connectivity index (χ0) is 16.4. The van der Waals surface area contributed by atoms with E-state index in [4.69, 9.17) is 0 Å². The summed E-state index contributed by atoms with van der Waals surface area (Å²) in [5, 5.41) is 10.1. The summed E-state index contributed by atoms with van der Waals surface area (Å²) in [6, 6.07) is 17.6. The van der Waals surface area contributed by atoms with Crippen LogP contribution in [0.15, 0.2) is 53.6 Å². The molecule has 1 aliphatic rings. The van der Waals surface area contributed by atoms with Gasteiger partial charge in [-0.25, -0.2) is 0 Å². The smallest absolute Gasteiger partial charge is 0.0525 e. The van der Waals surface area contributed by atoms with Crippen LogP contribution in [0.1, 0.15) is 36.1 Å². The minimum absolute atomic E-state index is 0.0859. The molecule has 1 aliphatic heterocycles. The average Bonchev–Trinajstić information content (AvgIpc) is 2.54. The van der Waals surface area contributed by atoms with Crippen molar-refractivity contribution in [2.75, 3.05) is 19.4 Å². The summed E-state index contributed by atoms with van der Waals surface area (Å²) in [5.74, 6) is 0. The summed E-state index contributed by atoms with van der Waals surface area (Å²) in [7, 11) is 3.93. The Labute approximate surface area is 139 Å². The fourth-order valence-corrected chi connectivity index (χ4v) is 3.28. The highest BCUT2D eigenvalue weighted by atomic mass is 15.4. The van der Waals surface area contributed by atoms with E-state index in [1.165, 1.54) is 22.4 Å². The molecule has 0 radical (unpaired) electrons. The third-order valence-corrected chi connectivity index (χ3v) is 4.52. The monoisotopic (exact) mass is 307 g/mol. The normalized spacial score (nSPS) is 23.4. The summed E-state index contributed by atoms with van der Waals surface area (Å²) in [6.45, 7) is 4.43. The Morgan fingerprint density at radius 2 is 1.91 bits per heavy atom. The van der Waals surface area contributed by atoms with Gasteiger partial charge in [0.05, 0.1) is 6.04 Å². The Bertz CT molecular complexity index is 706. The molecule has 1 N–H and O–H groups in total. The van der Waals surface area contributed by atoms with Crippen LogP contribution in [0, 0.1) is 6.92 Å². The minimum atomic E-state index is -0.0859. The molecule has 0 amide bonds. The van der Waals surface area contributed by atoms with E-state index >= 15 is 0 Å². The van der Waals surface area contributed by atoms with Crippen molar-refractivity contribution in [1.82, 2.24) is 5.01 Å². The first kappa shape index (κ1) is 15.6. The molecular formula is C20H25N3. The lowest BCUT2D eigenvalue weighted by Gasteiger charge is -2.39. The van der Waals surface area contributed by atoms with E-state index in [1.54, 1.807) is 0 Å². The molecule has 0 bridgehead atoms. The maximum absolute atomic E-state index is 4.56. The van der Waals surface area contributed by atoms with E-state index in [1.807, 2.05) is 19.1 Å². The predicted molar refractivity (Wildman–Crippen MR) is 98.1 cm³/mol. The van der Waals surface area contributed by atoms with Crippen molar-refractivity contribution in [1.29, 1.82) is 0 Å². The highest BCUT2D eigenvalue weighted by Crippen LogP contribution is 2.43. The fraction of sp³-hybridized carbons (Fsp3) is 0.350. The summed E-state index contributed by atoms with van der Waals surface area (Å²) in [4.78, 5) is 0. The van der Waals surface area contributed by atoms with Gasteiger partial charge in [0.25, 0.3) is 0 Å². The molecule has 0 saturated heterocycles. The van der Waals surface area contributed by atoms with Crippen LogP contribution in [0.25, 0.3) is 0 Å². The molecule has 3 nitrogen and oxygen atoms in total. The number of fused-ring (bicyclic) bond motifs is 1. The lowest BCUT2D eigenvalue weighted by atomic mass is 9.73. The molecule has 1 heterocycles. The zero-order valence-electron chi connectivity index (χ0n) is 14.4. The van der Waals surface area contributed by atoms with Crippen LogP contribution in [0.3, 0.4) is 0 Å². The number of benzene rings is 2.